The molecular weight excluding hydrogens is 242 g/mol. The molecule has 0 spiro atoms. The molecule has 1 aliphatic heterocycles. The van der Waals surface area contributed by atoms with Crippen LogP contribution in [0.5, 0.6) is 0 Å². The maximum atomic E-state index is 12.5. The number of aryl methyl sites for hydroxylation is 1. The largest absolute Gasteiger partial charge is 0.336 e. The van der Waals surface area contributed by atoms with Gasteiger partial charge in [-0.15, -0.1) is 0 Å². The number of aromatic nitrogens is 3. The summed E-state index contributed by atoms with van der Waals surface area (Å²) in [6.07, 6.45) is 3.35. The van der Waals surface area contributed by atoms with Gasteiger partial charge in [-0.05, 0) is 14.0 Å². The molecule has 0 unspecified atom stereocenters. The van der Waals surface area contributed by atoms with Gasteiger partial charge in [0.25, 0.3) is 5.91 Å². The topological polar surface area (TPSA) is 53.7 Å². The maximum absolute atomic E-state index is 12.5. The molecule has 19 heavy (non-hydrogen) atoms. The summed E-state index contributed by atoms with van der Waals surface area (Å²) in [4.78, 5) is 20.9. The number of fused-ring (bicyclic) bond motifs is 1. The number of amides is 1. The van der Waals surface area contributed by atoms with Gasteiger partial charge in [-0.3, -0.25) is 4.79 Å². The molecule has 0 aliphatic carbocycles. The Balaban J connectivity index is 1.91. The van der Waals surface area contributed by atoms with Crippen molar-refractivity contribution in [2.24, 2.45) is 0 Å². The molecule has 0 aromatic carbocycles. The summed E-state index contributed by atoms with van der Waals surface area (Å²) in [6.45, 7) is 5.29. The Kier molecular flexibility index (Phi) is 2.94. The van der Waals surface area contributed by atoms with E-state index in [0.29, 0.717) is 5.56 Å². The fourth-order valence-corrected chi connectivity index (χ4v) is 2.38. The molecule has 6 heteroatoms. The van der Waals surface area contributed by atoms with Crippen molar-refractivity contribution in [1.82, 2.24) is 24.4 Å². The van der Waals surface area contributed by atoms with Crippen LogP contribution >= 0.6 is 0 Å². The Hall–Kier alpha value is -1.95. The molecule has 1 fully saturated rings. The van der Waals surface area contributed by atoms with Gasteiger partial charge in [0.05, 0.1) is 17.5 Å². The van der Waals surface area contributed by atoms with Crippen LogP contribution < -0.4 is 0 Å². The summed E-state index contributed by atoms with van der Waals surface area (Å²) < 4.78 is 1.71. The van der Waals surface area contributed by atoms with E-state index in [2.05, 4.69) is 22.0 Å². The zero-order valence-corrected chi connectivity index (χ0v) is 11.2. The van der Waals surface area contributed by atoms with E-state index in [9.17, 15) is 4.79 Å². The first-order valence-corrected chi connectivity index (χ1v) is 6.44. The van der Waals surface area contributed by atoms with E-state index in [-0.39, 0.29) is 5.91 Å². The third-order valence-electron chi connectivity index (χ3n) is 3.68. The first kappa shape index (κ1) is 12.1. The lowest BCUT2D eigenvalue weighted by Gasteiger charge is -2.32. The lowest BCUT2D eigenvalue weighted by Crippen LogP contribution is -2.47. The number of carbonyl (C=O) groups is 1. The summed E-state index contributed by atoms with van der Waals surface area (Å²) in [5.41, 5.74) is 2.26. The summed E-state index contributed by atoms with van der Waals surface area (Å²) in [5, 5.41) is 4.19. The third kappa shape index (κ3) is 2.08. The van der Waals surface area contributed by atoms with Gasteiger partial charge in [0.15, 0.2) is 5.65 Å². The minimum Gasteiger partial charge on any atom is -0.336 e. The highest BCUT2D eigenvalue weighted by Crippen LogP contribution is 2.13. The highest BCUT2D eigenvalue weighted by molar-refractivity contribution is 5.95. The second kappa shape index (κ2) is 4.62. The first-order chi connectivity index (χ1) is 9.16. The van der Waals surface area contributed by atoms with Gasteiger partial charge < -0.3 is 9.80 Å². The van der Waals surface area contributed by atoms with E-state index in [1.807, 2.05) is 17.9 Å². The van der Waals surface area contributed by atoms with Crippen molar-refractivity contribution >= 4 is 11.6 Å². The number of hydrogen-bond donors (Lipinski definition) is 0. The van der Waals surface area contributed by atoms with E-state index in [1.54, 1.807) is 16.9 Å². The van der Waals surface area contributed by atoms with Crippen LogP contribution in [-0.4, -0.2) is 63.5 Å². The molecule has 2 aromatic rings. The normalized spacial score (nSPS) is 17.1. The van der Waals surface area contributed by atoms with Gasteiger partial charge in [-0.25, -0.2) is 9.50 Å². The second-order valence-electron chi connectivity index (χ2n) is 4.95. The average molecular weight is 259 g/mol. The fraction of sp³-hybridized carbons (Fsp3) is 0.462. The third-order valence-corrected chi connectivity index (χ3v) is 3.68. The molecule has 1 aliphatic rings. The van der Waals surface area contributed by atoms with Crippen LogP contribution in [0.25, 0.3) is 5.65 Å². The van der Waals surface area contributed by atoms with E-state index >= 15 is 0 Å². The second-order valence-corrected chi connectivity index (χ2v) is 4.95. The standard InChI is InChI=1S/C13H17N5O/c1-10-11(9-14-12-3-4-15-18(10)12)13(19)17-7-5-16(2)6-8-17/h3-4,9H,5-8H2,1-2H3. The Morgan fingerprint density at radius 2 is 2.00 bits per heavy atom. The molecule has 0 radical (unpaired) electrons. The van der Waals surface area contributed by atoms with Gasteiger partial charge in [0.1, 0.15) is 0 Å². The lowest BCUT2D eigenvalue weighted by atomic mass is 10.2. The smallest absolute Gasteiger partial charge is 0.257 e. The number of hydrogen-bond acceptors (Lipinski definition) is 4. The number of carbonyl (C=O) groups excluding carboxylic acids is 1. The van der Waals surface area contributed by atoms with Crippen LogP contribution in [0.3, 0.4) is 0 Å². The Morgan fingerprint density at radius 1 is 1.26 bits per heavy atom. The highest BCUT2D eigenvalue weighted by Gasteiger charge is 2.22. The number of piperazine rings is 1. The molecule has 0 N–H and O–H groups in total. The molecule has 0 atom stereocenters. The molecule has 3 rings (SSSR count). The zero-order chi connectivity index (χ0) is 13.4. The first-order valence-electron chi connectivity index (χ1n) is 6.44. The molecule has 100 valence electrons. The molecule has 2 aromatic heterocycles. The summed E-state index contributed by atoms with van der Waals surface area (Å²) >= 11 is 0. The van der Waals surface area contributed by atoms with Gasteiger partial charge in [0, 0.05) is 38.4 Å². The van der Waals surface area contributed by atoms with Crippen molar-refractivity contribution in [3.05, 3.63) is 29.7 Å². The Morgan fingerprint density at radius 3 is 2.74 bits per heavy atom. The van der Waals surface area contributed by atoms with E-state index in [4.69, 9.17) is 0 Å². The van der Waals surface area contributed by atoms with Gasteiger partial charge >= 0.3 is 0 Å². The van der Waals surface area contributed by atoms with Crippen molar-refractivity contribution in [2.75, 3.05) is 33.2 Å². The predicted octanol–water partition coefficient (Wildman–Crippen LogP) is 0.425. The van der Waals surface area contributed by atoms with Gasteiger partial charge in [-0.2, -0.15) is 5.10 Å². The maximum Gasteiger partial charge on any atom is 0.257 e. The fourth-order valence-electron chi connectivity index (χ4n) is 2.38. The average Bonchev–Trinajstić information content (AvgIpc) is 2.88. The van der Waals surface area contributed by atoms with Gasteiger partial charge in [0.2, 0.25) is 0 Å². The van der Waals surface area contributed by atoms with Crippen LogP contribution in [0.2, 0.25) is 0 Å². The molecule has 1 amide bonds. The molecule has 1 saturated heterocycles. The summed E-state index contributed by atoms with van der Waals surface area (Å²) in [5.74, 6) is 0.0514. The van der Waals surface area contributed by atoms with E-state index < -0.39 is 0 Å². The van der Waals surface area contributed by atoms with Crippen LogP contribution in [0, 0.1) is 6.92 Å². The van der Waals surface area contributed by atoms with Crippen LogP contribution in [-0.2, 0) is 0 Å². The number of nitrogens with zero attached hydrogens (tertiary/aromatic N) is 5. The Bertz CT molecular complexity index is 613. The molecule has 3 heterocycles. The van der Waals surface area contributed by atoms with Crippen LogP contribution in [0.15, 0.2) is 18.5 Å². The summed E-state index contributed by atoms with van der Waals surface area (Å²) in [7, 11) is 2.07. The molecule has 6 nitrogen and oxygen atoms in total. The van der Waals surface area contributed by atoms with Crippen molar-refractivity contribution in [3.63, 3.8) is 0 Å². The minimum atomic E-state index is 0.0514. The molecular formula is C13H17N5O. The molecule has 0 bridgehead atoms. The van der Waals surface area contributed by atoms with Crippen molar-refractivity contribution in [2.45, 2.75) is 6.92 Å². The highest BCUT2D eigenvalue weighted by atomic mass is 16.2. The van der Waals surface area contributed by atoms with E-state index in [1.165, 1.54) is 0 Å². The number of likely N-dealkylation sites (N-methyl/N-ethyl adjacent to an activating group) is 1. The minimum absolute atomic E-state index is 0.0514. The quantitative estimate of drug-likeness (QED) is 0.745. The van der Waals surface area contributed by atoms with Crippen molar-refractivity contribution < 1.29 is 4.79 Å². The SMILES string of the molecule is Cc1c(C(=O)N2CCN(C)CC2)cnc2ccnn12. The Labute approximate surface area is 111 Å². The van der Waals surface area contributed by atoms with Crippen LogP contribution in [0.4, 0.5) is 0 Å². The molecule has 0 saturated carbocycles. The zero-order valence-electron chi connectivity index (χ0n) is 11.2. The predicted molar refractivity (Wildman–Crippen MR) is 71.1 cm³/mol. The van der Waals surface area contributed by atoms with Gasteiger partial charge in [-0.1, -0.05) is 0 Å². The van der Waals surface area contributed by atoms with Crippen molar-refractivity contribution in [3.8, 4) is 0 Å². The van der Waals surface area contributed by atoms with Crippen LogP contribution in [0.1, 0.15) is 16.1 Å². The van der Waals surface area contributed by atoms with Crippen molar-refractivity contribution in [1.29, 1.82) is 0 Å². The lowest BCUT2D eigenvalue weighted by molar-refractivity contribution is 0.0662. The monoisotopic (exact) mass is 259 g/mol. The van der Waals surface area contributed by atoms with E-state index in [0.717, 1.165) is 37.5 Å². The summed E-state index contributed by atoms with van der Waals surface area (Å²) in [6, 6.07) is 1.83. The number of rotatable bonds is 1.